The highest BCUT2D eigenvalue weighted by atomic mass is 16.6. The number of aliphatic hydroxyl groups is 1. The summed E-state index contributed by atoms with van der Waals surface area (Å²) in [6.45, 7) is 3.08. The summed E-state index contributed by atoms with van der Waals surface area (Å²) in [6.07, 6.45) is 3.33. The van der Waals surface area contributed by atoms with E-state index < -0.39 is 35.6 Å². The molecule has 0 aliphatic carbocycles. The third-order valence-electron chi connectivity index (χ3n) is 6.50. The van der Waals surface area contributed by atoms with Crippen LogP contribution in [0.5, 0.6) is 0 Å². The average molecular weight is 566 g/mol. The number of alkyl carbamates (subject to hydrolysis) is 1. The second-order valence-electron chi connectivity index (χ2n) is 10.7. The van der Waals surface area contributed by atoms with Gasteiger partial charge in [0.1, 0.15) is 19.3 Å². The molecule has 1 aliphatic heterocycles. The lowest BCUT2D eigenvalue weighted by Crippen LogP contribution is -2.51. The van der Waals surface area contributed by atoms with E-state index in [2.05, 4.69) is 16.0 Å². The monoisotopic (exact) mass is 565 g/mol. The van der Waals surface area contributed by atoms with E-state index >= 15 is 0 Å². The van der Waals surface area contributed by atoms with E-state index in [-0.39, 0.29) is 50.9 Å². The fourth-order valence-corrected chi connectivity index (χ4v) is 4.29. The standard InChI is InChI=1S/C31H39N3O7/c1-31(2)21-41-29(38)26(33-30(39)40-20-23-13-7-4-8-14-23)16-10-9-15-24(28(37)34-31)18-27(36)32-25(19-35)17-22-11-5-3-6-12-22/h3-14,24-26,35H,15-21H2,1-2H3,(H,32,36)(H,33,39)(H,34,37)/t24-,25-,26-/m1/s1. The van der Waals surface area contributed by atoms with Crippen LogP contribution in [0.1, 0.15) is 44.2 Å². The normalized spacial score (nSPS) is 19.9. The van der Waals surface area contributed by atoms with Crippen molar-refractivity contribution in [3.8, 4) is 0 Å². The minimum atomic E-state index is -0.995. The Balaban J connectivity index is 1.62. The predicted octanol–water partition coefficient (Wildman–Crippen LogP) is 2.80. The molecule has 0 bridgehead atoms. The van der Waals surface area contributed by atoms with Crippen LogP contribution in [-0.4, -0.2) is 59.8 Å². The van der Waals surface area contributed by atoms with Gasteiger partial charge in [-0.15, -0.1) is 0 Å². The zero-order valence-corrected chi connectivity index (χ0v) is 23.5. The highest BCUT2D eigenvalue weighted by molar-refractivity contribution is 5.86. The molecule has 220 valence electrons. The highest BCUT2D eigenvalue weighted by Crippen LogP contribution is 2.16. The number of carbonyl (C=O) groups excluding carboxylic acids is 4. The molecule has 10 nitrogen and oxygen atoms in total. The minimum absolute atomic E-state index is 0.0512. The Morgan fingerprint density at radius 3 is 2.32 bits per heavy atom. The molecule has 3 amide bonds. The summed E-state index contributed by atoms with van der Waals surface area (Å²) in [6, 6.07) is 17.2. The summed E-state index contributed by atoms with van der Waals surface area (Å²) >= 11 is 0. The molecule has 41 heavy (non-hydrogen) atoms. The number of benzene rings is 2. The molecule has 1 aliphatic rings. The van der Waals surface area contributed by atoms with Crippen LogP contribution in [0.2, 0.25) is 0 Å². The van der Waals surface area contributed by atoms with Crippen molar-refractivity contribution in [3.63, 3.8) is 0 Å². The van der Waals surface area contributed by atoms with Gasteiger partial charge in [0.2, 0.25) is 11.8 Å². The highest BCUT2D eigenvalue weighted by Gasteiger charge is 2.31. The maximum absolute atomic E-state index is 13.1. The van der Waals surface area contributed by atoms with Gasteiger partial charge in [0.25, 0.3) is 0 Å². The van der Waals surface area contributed by atoms with Gasteiger partial charge in [-0.3, -0.25) is 9.59 Å². The number of hydrogen-bond acceptors (Lipinski definition) is 7. The summed E-state index contributed by atoms with van der Waals surface area (Å²) < 4.78 is 10.7. The molecule has 2 aromatic carbocycles. The number of esters is 1. The van der Waals surface area contributed by atoms with E-state index in [0.29, 0.717) is 6.42 Å². The number of aliphatic hydroxyl groups excluding tert-OH is 1. The van der Waals surface area contributed by atoms with Crippen molar-refractivity contribution in [2.45, 2.75) is 63.8 Å². The summed E-state index contributed by atoms with van der Waals surface area (Å²) in [4.78, 5) is 51.2. The van der Waals surface area contributed by atoms with Crippen LogP contribution in [-0.2, 0) is 36.9 Å². The molecule has 2 aromatic rings. The molecule has 0 radical (unpaired) electrons. The van der Waals surface area contributed by atoms with E-state index in [4.69, 9.17) is 9.47 Å². The van der Waals surface area contributed by atoms with Gasteiger partial charge >= 0.3 is 12.1 Å². The van der Waals surface area contributed by atoms with E-state index in [1.165, 1.54) is 0 Å². The largest absolute Gasteiger partial charge is 0.462 e. The molecule has 0 saturated heterocycles. The molecular formula is C31H39N3O7. The first-order chi connectivity index (χ1) is 19.6. The molecule has 3 rings (SSSR count). The third-order valence-corrected chi connectivity index (χ3v) is 6.50. The number of hydrogen-bond donors (Lipinski definition) is 4. The van der Waals surface area contributed by atoms with Crippen molar-refractivity contribution >= 4 is 23.9 Å². The Bertz CT molecular complexity index is 1180. The number of cyclic esters (lactones) is 1. The first-order valence-electron chi connectivity index (χ1n) is 13.7. The third kappa shape index (κ3) is 11.1. The van der Waals surface area contributed by atoms with Crippen LogP contribution in [0.4, 0.5) is 4.79 Å². The Hall–Kier alpha value is -4.18. The molecular weight excluding hydrogens is 526 g/mol. The number of allylic oxidation sites excluding steroid dienone is 1. The molecule has 10 heteroatoms. The maximum atomic E-state index is 13.1. The van der Waals surface area contributed by atoms with Crippen LogP contribution < -0.4 is 16.0 Å². The van der Waals surface area contributed by atoms with Gasteiger partial charge in [0.15, 0.2) is 0 Å². The zero-order chi connectivity index (χ0) is 29.7. The number of carbonyl (C=O) groups is 4. The number of nitrogens with one attached hydrogen (secondary N) is 3. The van der Waals surface area contributed by atoms with Gasteiger partial charge in [-0.05, 0) is 44.2 Å². The molecule has 0 fully saturated rings. The van der Waals surface area contributed by atoms with Crippen molar-refractivity contribution in [1.29, 1.82) is 0 Å². The van der Waals surface area contributed by atoms with Gasteiger partial charge in [-0.25, -0.2) is 9.59 Å². The fraction of sp³-hybridized carbons (Fsp3) is 0.419. The Morgan fingerprint density at radius 2 is 1.66 bits per heavy atom. The number of rotatable bonds is 9. The fourth-order valence-electron chi connectivity index (χ4n) is 4.29. The Kier molecular flexibility index (Phi) is 11.9. The maximum Gasteiger partial charge on any atom is 0.408 e. The Labute approximate surface area is 240 Å². The van der Waals surface area contributed by atoms with E-state index in [0.717, 1.165) is 11.1 Å². The SMILES string of the molecule is CC1(C)COC(=O)[C@H](NC(=O)OCc2ccccc2)CC=CC[C@H](CC(=O)N[C@@H](CO)Cc2ccccc2)C(=O)N1. The lowest BCUT2D eigenvalue weighted by molar-refractivity contribution is -0.149. The zero-order valence-electron chi connectivity index (χ0n) is 23.5. The first kappa shape index (κ1) is 31.3. The van der Waals surface area contributed by atoms with Crippen LogP contribution in [0.3, 0.4) is 0 Å². The molecule has 3 atom stereocenters. The van der Waals surface area contributed by atoms with Crippen LogP contribution >= 0.6 is 0 Å². The van der Waals surface area contributed by atoms with E-state index in [1.54, 1.807) is 26.0 Å². The van der Waals surface area contributed by atoms with Crippen LogP contribution in [0.15, 0.2) is 72.8 Å². The molecule has 0 saturated carbocycles. The van der Waals surface area contributed by atoms with Gasteiger partial charge in [0, 0.05) is 6.42 Å². The van der Waals surface area contributed by atoms with Crippen molar-refractivity contribution in [2.24, 2.45) is 5.92 Å². The number of ether oxygens (including phenoxy) is 2. The molecule has 0 aromatic heterocycles. The van der Waals surface area contributed by atoms with Crippen molar-refractivity contribution in [2.75, 3.05) is 13.2 Å². The molecule has 4 N–H and O–H groups in total. The Morgan fingerprint density at radius 1 is 1.02 bits per heavy atom. The van der Waals surface area contributed by atoms with Crippen LogP contribution in [0.25, 0.3) is 0 Å². The van der Waals surface area contributed by atoms with Gasteiger partial charge < -0.3 is 30.5 Å². The average Bonchev–Trinajstić information content (AvgIpc) is 2.95. The smallest absolute Gasteiger partial charge is 0.408 e. The summed E-state index contributed by atoms with van der Waals surface area (Å²) in [7, 11) is 0. The van der Waals surface area contributed by atoms with Crippen molar-refractivity contribution < 1.29 is 33.8 Å². The van der Waals surface area contributed by atoms with Gasteiger partial charge in [-0.1, -0.05) is 72.8 Å². The molecule has 0 spiro atoms. The van der Waals surface area contributed by atoms with Crippen LogP contribution in [0, 0.1) is 5.92 Å². The lowest BCUT2D eigenvalue weighted by atomic mass is 9.96. The van der Waals surface area contributed by atoms with E-state index in [1.807, 2.05) is 60.7 Å². The predicted molar refractivity (Wildman–Crippen MR) is 152 cm³/mol. The minimum Gasteiger partial charge on any atom is -0.462 e. The van der Waals surface area contributed by atoms with Gasteiger partial charge in [-0.2, -0.15) is 0 Å². The van der Waals surface area contributed by atoms with Crippen molar-refractivity contribution in [1.82, 2.24) is 16.0 Å². The second-order valence-corrected chi connectivity index (χ2v) is 10.7. The summed E-state index contributed by atoms with van der Waals surface area (Å²) in [5.41, 5.74) is 0.854. The van der Waals surface area contributed by atoms with E-state index in [9.17, 15) is 24.3 Å². The molecule has 1 heterocycles. The summed E-state index contributed by atoms with van der Waals surface area (Å²) in [5.74, 6) is -2.06. The van der Waals surface area contributed by atoms with Crippen molar-refractivity contribution in [3.05, 3.63) is 83.9 Å². The summed E-state index contributed by atoms with van der Waals surface area (Å²) in [5, 5.41) is 18.0. The first-order valence-corrected chi connectivity index (χ1v) is 13.7. The van der Waals surface area contributed by atoms with Gasteiger partial charge in [0.05, 0.1) is 24.1 Å². The quantitative estimate of drug-likeness (QED) is 0.270. The topological polar surface area (TPSA) is 143 Å². The molecule has 0 unspecified atom stereocenters. The lowest BCUT2D eigenvalue weighted by Gasteiger charge is -2.29. The number of amides is 3. The second kappa shape index (κ2) is 15.6.